The van der Waals surface area contributed by atoms with Gasteiger partial charge in [0.15, 0.2) is 0 Å². The zero-order valence-electron chi connectivity index (χ0n) is 12.6. The van der Waals surface area contributed by atoms with E-state index in [4.69, 9.17) is 0 Å². The van der Waals surface area contributed by atoms with Crippen molar-refractivity contribution in [1.29, 1.82) is 0 Å². The van der Waals surface area contributed by atoms with Crippen LogP contribution in [0.4, 0.5) is 0 Å². The summed E-state index contributed by atoms with van der Waals surface area (Å²) in [5, 5.41) is 0. The molecular weight excluding hydrogens is 344 g/mol. The lowest BCUT2D eigenvalue weighted by Gasteiger charge is -2.10. The standard InChI is InChI=1S/C18H19BrOS/c1-12-7-13(2)18(14(3)8-12)10-16(20)11-21-17-6-4-5-15(19)9-17/h4-9H,10-11H2,1-3H3. The van der Waals surface area contributed by atoms with Crippen LogP contribution in [0.3, 0.4) is 0 Å². The number of benzene rings is 2. The first-order valence-electron chi connectivity index (χ1n) is 6.92. The minimum absolute atomic E-state index is 0.273. The molecule has 0 aliphatic carbocycles. The van der Waals surface area contributed by atoms with Gasteiger partial charge in [0.2, 0.25) is 0 Å². The maximum absolute atomic E-state index is 12.2. The quantitative estimate of drug-likeness (QED) is 0.673. The van der Waals surface area contributed by atoms with Crippen molar-refractivity contribution in [1.82, 2.24) is 0 Å². The van der Waals surface area contributed by atoms with E-state index in [9.17, 15) is 4.79 Å². The number of hydrogen-bond donors (Lipinski definition) is 0. The molecule has 0 aliphatic rings. The molecule has 2 rings (SSSR count). The molecule has 0 aromatic heterocycles. The maximum Gasteiger partial charge on any atom is 0.147 e. The lowest BCUT2D eigenvalue weighted by atomic mass is 9.96. The molecule has 0 atom stereocenters. The topological polar surface area (TPSA) is 17.1 Å². The van der Waals surface area contributed by atoms with Crippen molar-refractivity contribution >= 4 is 33.5 Å². The average molecular weight is 363 g/mol. The Balaban J connectivity index is 1.99. The van der Waals surface area contributed by atoms with Crippen molar-refractivity contribution in [3.63, 3.8) is 0 Å². The molecule has 0 N–H and O–H groups in total. The van der Waals surface area contributed by atoms with Crippen molar-refractivity contribution in [2.24, 2.45) is 0 Å². The number of ketones is 1. The Kier molecular flexibility index (Phi) is 5.65. The van der Waals surface area contributed by atoms with E-state index < -0.39 is 0 Å². The Morgan fingerprint density at radius 2 is 1.76 bits per heavy atom. The molecule has 3 heteroatoms. The van der Waals surface area contributed by atoms with Crippen molar-refractivity contribution in [3.05, 3.63) is 63.1 Å². The Morgan fingerprint density at radius 1 is 1.10 bits per heavy atom. The van der Waals surface area contributed by atoms with Crippen LogP contribution in [0.2, 0.25) is 0 Å². The van der Waals surface area contributed by atoms with Gasteiger partial charge in [-0.25, -0.2) is 0 Å². The smallest absolute Gasteiger partial charge is 0.147 e. The van der Waals surface area contributed by atoms with E-state index in [2.05, 4.69) is 48.8 Å². The van der Waals surface area contributed by atoms with E-state index in [1.165, 1.54) is 22.3 Å². The number of thioether (sulfide) groups is 1. The molecule has 0 aliphatic heterocycles. The van der Waals surface area contributed by atoms with E-state index >= 15 is 0 Å². The lowest BCUT2D eigenvalue weighted by Crippen LogP contribution is -2.08. The van der Waals surface area contributed by atoms with Gasteiger partial charge in [0.1, 0.15) is 5.78 Å². The van der Waals surface area contributed by atoms with Crippen LogP contribution in [0.1, 0.15) is 22.3 Å². The molecule has 110 valence electrons. The number of halogens is 1. The monoisotopic (exact) mass is 362 g/mol. The van der Waals surface area contributed by atoms with E-state index in [1.54, 1.807) is 11.8 Å². The second-order valence-electron chi connectivity index (χ2n) is 5.34. The molecule has 2 aromatic carbocycles. The van der Waals surface area contributed by atoms with Crippen molar-refractivity contribution in [2.75, 3.05) is 5.75 Å². The molecule has 0 spiro atoms. The van der Waals surface area contributed by atoms with E-state index in [0.717, 1.165) is 9.37 Å². The van der Waals surface area contributed by atoms with Crippen molar-refractivity contribution < 1.29 is 4.79 Å². The van der Waals surface area contributed by atoms with Gasteiger partial charge in [-0.05, 0) is 55.7 Å². The highest BCUT2D eigenvalue weighted by molar-refractivity contribution is 9.10. The molecule has 0 unspecified atom stereocenters. The molecule has 0 fully saturated rings. The number of aryl methyl sites for hydroxylation is 3. The summed E-state index contributed by atoms with van der Waals surface area (Å²) in [6, 6.07) is 12.4. The number of rotatable bonds is 5. The Bertz CT molecular complexity index is 641. The summed E-state index contributed by atoms with van der Waals surface area (Å²) in [4.78, 5) is 13.3. The van der Waals surface area contributed by atoms with Crippen LogP contribution in [0, 0.1) is 20.8 Å². The fourth-order valence-electron chi connectivity index (χ4n) is 2.46. The predicted octanol–water partition coefficient (Wildman–Crippen LogP) is 5.28. The summed E-state index contributed by atoms with van der Waals surface area (Å²) in [7, 11) is 0. The van der Waals surface area contributed by atoms with Gasteiger partial charge < -0.3 is 0 Å². The van der Waals surface area contributed by atoms with E-state index in [-0.39, 0.29) is 5.78 Å². The van der Waals surface area contributed by atoms with Gasteiger partial charge in [-0.15, -0.1) is 11.8 Å². The SMILES string of the molecule is Cc1cc(C)c(CC(=O)CSc2cccc(Br)c2)c(C)c1. The number of carbonyl (C=O) groups excluding carboxylic acids is 1. The van der Waals surface area contributed by atoms with Gasteiger partial charge in [0.05, 0.1) is 5.75 Å². The summed E-state index contributed by atoms with van der Waals surface area (Å²) in [6.45, 7) is 6.27. The molecule has 21 heavy (non-hydrogen) atoms. The van der Waals surface area contributed by atoms with E-state index in [0.29, 0.717) is 12.2 Å². The summed E-state index contributed by atoms with van der Waals surface area (Å²) < 4.78 is 1.05. The molecule has 0 saturated heterocycles. The molecule has 0 bridgehead atoms. The van der Waals surface area contributed by atoms with Crippen molar-refractivity contribution in [2.45, 2.75) is 32.1 Å². The molecule has 1 nitrogen and oxygen atoms in total. The van der Waals surface area contributed by atoms with Gasteiger partial charge in [0, 0.05) is 15.8 Å². The second-order valence-corrected chi connectivity index (χ2v) is 7.30. The zero-order valence-corrected chi connectivity index (χ0v) is 15.0. The van der Waals surface area contributed by atoms with Crippen LogP contribution in [-0.4, -0.2) is 11.5 Å². The lowest BCUT2D eigenvalue weighted by molar-refractivity contribution is -0.116. The first-order valence-corrected chi connectivity index (χ1v) is 8.70. The number of hydrogen-bond acceptors (Lipinski definition) is 2. The molecule has 0 heterocycles. The molecular formula is C18H19BrOS. The van der Waals surface area contributed by atoms with Crippen molar-refractivity contribution in [3.8, 4) is 0 Å². The highest BCUT2D eigenvalue weighted by Gasteiger charge is 2.10. The first-order chi connectivity index (χ1) is 9.95. The fourth-order valence-corrected chi connectivity index (χ4v) is 3.82. The largest absolute Gasteiger partial charge is 0.298 e. The summed E-state index contributed by atoms with van der Waals surface area (Å²) >= 11 is 5.05. The van der Waals surface area contributed by atoms with Crippen LogP contribution in [-0.2, 0) is 11.2 Å². The average Bonchev–Trinajstić information content (AvgIpc) is 2.40. The molecule has 0 amide bonds. The predicted molar refractivity (Wildman–Crippen MR) is 94.2 cm³/mol. The van der Waals surface area contributed by atoms with E-state index in [1.807, 2.05) is 24.3 Å². The minimum atomic E-state index is 0.273. The first kappa shape index (κ1) is 16.3. The highest BCUT2D eigenvalue weighted by atomic mass is 79.9. The number of carbonyl (C=O) groups is 1. The van der Waals surface area contributed by atoms with Crippen LogP contribution in [0.25, 0.3) is 0 Å². The molecule has 0 saturated carbocycles. The summed E-state index contributed by atoms with van der Waals surface area (Å²) in [6.07, 6.45) is 0.527. The van der Waals surface area contributed by atoms with Gasteiger partial charge >= 0.3 is 0 Å². The van der Waals surface area contributed by atoms with Crippen LogP contribution < -0.4 is 0 Å². The van der Waals surface area contributed by atoms with Gasteiger partial charge in [-0.1, -0.05) is 39.7 Å². The Labute approximate surface area is 139 Å². The fraction of sp³-hybridized carbons (Fsp3) is 0.278. The molecule has 2 aromatic rings. The third-order valence-electron chi connectivity index (χ3n) is 3.41. The summed E-state index contributed by atoms with van der Waals surface area (Å²) in [5.74, 6) is 0.790. The van der Waals surface area contributed by atoms with Crippen LogP contribution in [0.5, 0.6) is 0 Å². The third-order valence-corrected chi connectivity index (χ3v) is 4.96. The number of Topliss-reactive ketones (excluding diaryl/α,β-unsaturated/α-hetero) is 1. The van der Waals surface area contributed by atoms with Gasteiger partial charge in [-0.3, -0.25) is 4.79 Å². The second kappa shape index (κ2) is 7.28. The molecule has 0 radical (unpaired) electrons. The Morgan fingerprint density at radius 3 is 2.38 bits per heavy atom. The summed E-state index contributed by atoms with van der Waals surface area (Å²) in [5.41, 5.74) is 4.87. The van der Waals surface area contributed by atoms with Gasteiger partial charge in [-0.2, -0.15) is 0 Å². The van der Waals surface area contributed by atoms with Gasteiger partial charge in [0.25, 0.3) is 0 Å². The zero-order chi connectivity index (χ0) is 15.4. The normalized spacial score (nSPS) is 10.7. The van der Waals surface area contributed by atoms with Crippen LogP contribution in [0.15, 0.2) is 45.8 Å². The minimum Gasteiger partial charge on any atom is -0.298 e. The Hall–Kier alpha value is -1.06. The maximum atomic E-state index is 12.2. The highest BCUT2D eigenvalue weighted by Crippen LogP contribution is 2.23. The third kappa shape index (κ3) is 4.72. The van der Waals surface area contributed by atoms with Crippen LogP contribution >= 0.6 is 27.7 Å².